The number of nitrogens with zero attached hydrogens (tertiary/aromatic N) is 1. The Morgan fingerprint density at radius 2 is 1.90 bits per heavy atom. The minimum Gasteiger partial charge on any atom is -0.406 e. The van der Waals surface area contributed by atoms with Crippen LogP contribution >= 0.6 is 0 Å². The third kappa shape index (κ3) is 5.92. The first kappa shape index (κ1) is 16.3. The predicted molar refractivity (Wildman–Crippen MR) is 68.4 cm³/mol. The average Bonchev–Trinajstić information content (AvgIpc) is 2.36. The van der Waals surface area contributed by atoms with Crippen molar-refractivity contribution >= 4 is 5.91 Å². The summed E-state index contributed by atoms with van der Waals surface area (Å²) in [4.78, 5) is 13.4. The predicted octanol–water partition coefficient (Wildman–Crippen LogP) is 1.81. The number of amides is 1. The second-order valence-corrected chi connectivity index (χ2v) is 4.29. The van der Waals surface area contributed by atoms with E-state index >= 15 is 0 Å². The average molecular weight is 290 g/mol. The monoisotopic (exact) mass is 290 g/mol. The van der Waals surface area contributed by atoms with Crippen molar-refractivity contribution in [3.05, 3.63) is 29.8 Å². The van der Waals surface area contributed by atoms with Gasteiger partial charge in [0.05, 0.1) is 6.42 Å². The molecular weight excluding hydrogens is 273 g/mol. The molecule has 0 aliphatic rings. The van der Waals surface area contributed by atoms with E-state index in [1.807, 2.05) is 0 Å². The molecule has 1 aromatic carbocycles. The summed E-state index contributed by atoms with van der Waals surface area (Å²) in [6, 6.07) is 5.29. The summed E-state index contributed by atoms with van der Waals surface area (Å²) >= 11 is 0. The number of nitrogens with one attached hydrogen (secondary N) is 1. The van der Waals surface area contributed by atoms with E-state index in [1.165, 1.54) is 24.3 Å². The summed E-state index contributed by atoms with van der Waals surface area (Å²) < 4.78 is 39.7. The Balaban J connectivity index is 2.55. The van der Waals surface area contributed by atoms with E-state index in [2.05, 4.69) is 10.1 Å². The fraction of sp³-hybridized carbons (Fsp3) is 0.462. The highest BCUT2D eigenvalue weighted by atomic mass is 19.4. The molecule has 0 bridgehead atoms. The molecule has 1 rings (SSSR count). The molecule has 112 valence electrons. The molecule has 20 heavy (non-hydrogen) atoms. The van der Waals surface area contributed by atoms with Crippen molar-refractivity contribution in [2.24, 2.45) is 0 Å². The van der Waals surface area contributed by atoms with E-state index in [-0.39, 0.29) is 18.1 Å². The molecule has 0 aliphatic carbocycles. The fourth-order valence-electron chi connectivity index (χ4n) is 1.52. The van der Waals surface area contributed by atoms with Crippen LogP contribution in [0.5, 0.6) is 5.75 Å². The molecule has 0 atom stereocenters. The SMILES string of the molecule is CNCCN(C)C(=O)Cc1ccc(OC(F)(F)F)cc1. The summed E-state index contributed by atoms with van der Waals surface area (Å²) in [6.45, 7) is 1.26. The van der Waals surface area contributed by atoms with Crippen LogP contribution in [0.4, 0.5) is 13.2 Å². The minimum atomic E-state index is -4.70. The van der Waals surface area contributed by atoms with Gasteiger partial charge in [-0.3, -0.25) is 4.79 Å². The molecule has 4 nitrogen and oxygen atoms in total. The number of carbonyl (C=O) groups is 1. The van der Waals surface area contributed by atoms with E-state index in [9.17, 15) is 18.0 Å². The lowest BCUT2D eigenvalue weighted by Gasteiger charge is -2.17. The van der Waals surface area contributed by atoms with Crippen LogP contribution in [-0.2, 0) is 11.2 Å². The van der Waals surface area contributed by atoms with Gasteiger partial charge in [0.15, 0.2) is 0 Å². The Bertz CT molecular complexity index is 432. The maximum atomic E-state index is 12.0. The summed E-state index contributed by atoms with van der Waals surface area (Å²) in [7, 11) is 3.47. The number of likely N-dealkylation sites (N-methyl/N-ethyl adjacent to an activating group) is 2. The van der Waals surface area contributed by atoms with E-state index in [0.29, 0.717) is 18.7 Å². The van der Waals surface area contributed by atoms with E-state index in [0.717, 1.165) is 0 Å². The van der Waals surface area contributed by atoms with Crippen molar-refractivity contribution in [1.29, 1.82) is 0 Å². The highest BCUT2D eigenvalue weighted by Gasteiger charge is 2.30. The quantitative estimate of drug-likeness (QED) is 0.868. The Morgan fingerprint density at radius 1 is 1.30 bits per heavy atom. The van der Waals surface area contributed by atoms with Crippen molar-refractivity contribution in [3.63, 3.8) is 0 Å². The van der Waals surface area contributed by atoms with E-state index < -0.39 is 6.36 Å². The van der Waals surface area contributed by atoms with Crippen molar-refractivity contribution in [3.8, 4) is 5.75 Å². The number of alkyl halides is 3. The number of ether oxygens (including phenoxy) is 1. The zero-order chi connectivity index (χ0) is 15.2. The Morgan fingerprint density at radius 3 is 2.40 bits per heavy atom. The fourth-order valence-corrected chi connectivity index (χ4v) is 1.52. The van der Waals surface area contributed by atoms with E-state index in [4.69, 9.17) is 0 Å². The molecule has 0 spiro atoms. The molecule has 0 saturated carbocycles. The summed E-state index contributed by atoms with van der Waals surface area (Å²) in [6.07, 6.45) is -4.56. The molecule has 0 unspecified atom stereocenters. The topological polar surface area (TPSA) is 41.6 Å². The van der Waals surface area contributed by atoms with Crippen LogP contribution in [-0.4, -0.2) is 44.4 Å². The Kier molecular flexibility index (Phi) is 5.82. The molecule has 7 heteroatoms. The van der Waals surface area contributed by atoms with Crippen LogP contribution in [0.1, 0.15) is 5.56 Å². The largest absolute Gasteiger partial charge is 0.573 e. The molecule has 0 saturated heterocycles. The lowest BCUT2D eigenvalue weighted by molar-refractivity contribution is -0.274. The molecule has 1 amide bonds. The van der Waals surface area contributed by atoms with Gasteiger partial charge in [-0.2, -0.15) is 0 Å². The van der Waals surface area contributed by atoms with Crippen molar-refractivity contribution in [2.45, 2.75) is 12.8 Å². The normalized spacial score (nSPS) is 11.2. The molecule has 0 heterocycles. The molecule has 0 aromatic heterocycles. The third-order valence-electron chi connectivity index (χ3n) is 2.64. The maximum Gasteiger partial charge on any atom is 0.573 e. The van der Waals surface area contributed by atoms with Gasteiger partial charge < -0.3 is 15.0 Å². The zero-order valence-electron chi connectivity index (χ0n) is 11.3. The van der Waals surface area contributed by atoms with Crippen LogP contribution in [0.3, 0.4) is 0 Å². The highest BCUT2D eigenvalue weighted by Crippen LogP contribution is 2.22. The van der Waals surface area contributed by atoms with Gasteiger partial charge in [0.1, 0.15) is 5.75 Å². The first-order valence-electron chi connectivity index (χ1n) is 6.05. The molecular formula is C13H17F3N2O2. The van der Waals surface area contributed by atoms with Crippen molar-refractivity contribution in [1.82, 2.24) is 10.2 Å². The van der Waals surface area contributed by atoms with E-state index in [1.54, 1.807) is 19.0 Å². The number of benzene rings is 1. The standard InChI is InChI=1S/C13H17F3N2O2/c1-17-7-8-18(2)12(19)9-10-3-5-11(6-4-10)20-13(14,15)16/h3-6,17H,7-9H2,1-2H3. The Hall–Kier alpha value is -1.76. The molecule has 1 N–H and O–H groups in total. The van der Waals surface area contributed by atoms with Crippen molar-refractivity contribution in [2.75, 3.05) is 27.2 Å². The summed E-state index contributed by atoms with van der Waals surface area (Å²) in [5, 5.41) is 2.93. The third-order valence-corrected chi connectivity index (χ3v) is 2.64. The van der Waals surface area contributed by atoms with Crippen LogP contribution in [0.25, 0.3) is 0 Å². The molecule has 0 aliphatic heterocycles. The lowest BCUT2D eigenvalue weighted by Crippen LogP contribution is -2.33. The van der Waals surface area contributed by atoms with Gasteiger partial charge in [-0.1, -0.05) is 12.1 Å². The number of rotatable bonds is 6. The van der Waals surface area contributed by atoms with Gasteiger partial charge in [0.25, 0.3) is 0 Å². The second-order valence-electron chi connectivity index (χ2n) is 4.29. The van der Waals surface area contributed by atoms with Gasteiger partial charge >= 0.3 is 6.36 Å². The highest BCUT2D eigenvalue weighted by molar-refractivity contribution is 5.78. The van der Waals surface area contributed by atoms with Crippen LogP contribution < -0.4 is 10.1 Å². The van der Waals surface area contributed by atoms with Gasteiger partial charge in [-0.15, -0.1) is 13.2 Å². The molecule has 1 aromatic rings. The first-order chi connectivity index (χ1) is 9.31. The van der Waals surface area contributed by atoms with Crippen LogP contribution in [0, 0.1) is 0 Å². The molecule has 0 fully saturated rings. The van der Waals surface area contributed by atoms with Crippen LogP contribution in [0.15, 0.2) is 24.3 Å². The van der Waals surface area contributed by atoms with Crippen LogP contribution in [0.2, 0.25) is 0 Å². The second kappa shape index (κ2) is 7.14. The smallest absolute Gasteiger partial charge is 0.406 e. The summed E-state index contributed by atoms with van der Waals surface area (Å²) in [5.74, 6) is -0.387. The van der Waals surface area contributed by atoms with Crippen molar-refractivity contribution < 1.29 is 22.7 Å². The molecule has 0 radical (unpaired) electrons. The lowest BCUT2D eigenvalue weighted by atomic mass is 10.1. The number of carbonyl (C=O) groups excluding carboxylic acids is 1. The minimum absolute atomic E-state index is 0.0928. The Labute approximate surface area is 115 Å². The zero-order valence-corrected chi connectivity index (χ0v) is 11.3. The van der Waals surface area contributed by atoms with Gasteiger partial charge in [0.2, 0.25) is 5.91 Å². The summed E-state index contributed by atoms with van der Waals surface area (Å²) in [5.41, 5.74) is 0.640. The van der Waals surface area contributed by atoms with Gasteiger partial charge in [0, 0.05) is 20.1 Å². The number of halogens is 3. The van der Waals surface area contributed by atoms with Gasteiger partial charge in [-0.05, 0) is 24.7 Å². The number of hydrogen-bond donors (Lipinski definition) is 1. The number of hydrogen-bond acceptors (Lipinski definition) is 3. The maximum absolute atomic E-state index is 12.0. The van der Waals surface area contributed by atoms with Gasteiger partial charge in [-0.25, -0.2) is 0 Å². The first-order valence-corrected chi connectivity index (χ1v) is 6.05.